The molecule has 0 aliphatic heterocycles. The van der Waals surface area contributed by atoms with Gasteiger partial charge in [-0.15, -0.1) is 0 Å². The average molecular weight is 340 g/mol. The minimum atomic E-state index is -1.90. The van der Waals surface area contributed by atoms with E-state index in [0.717, 1.165) is 40.4 Å². The molecule has 0 saturated carbocycles. The molecule has 0 spiro atoms. The van der Waals surface area contributed by atoms with Gasteiger partial charge < -0.3 is 0 Å². The van der Waals surface area contributed by atoms with Gasteiger partial charge in [0.05, 0.1) is 0 Å². The Morgan fingerprint density at radius 2 is 1.25 bits per heavy atom. The number of carbonyl (C=O) groups excluding carboxylic acids is 2. The van der Waals surface area contributed by atoms with Gasteiger partial charge in [-0.25, -0.2) is 0 Å². The summed E-state index contributed by atoms with van der Waals surface area (Å²) in [5.74, 6) is -2.17. The van der Waals surface area contributed by atoms with Crippen LogP contribution in [0, 0.1) is 0 Å². The van der Waals surface area contributed by atoms with Crippen LogP contribution in [0.2, 0.25) is 0 Å². The van der Waals surface area contributed by atoms with Crippen molar-refractivity contribution in [3.63, 3.8) is 0 Å². The molecule has 0 heterocycles. The molecule has 8 heteroatoms. The summed E-state index contributed by atoms with van der Waals surface area (Å²) in [5, 5.41) is 17.7. The van der Waals surface area contributed by atoms with Gasteiger partial charge in [0.1, 0.15) is 0 Å². The van der Waals surface area contributed by atoms with Crippen molar-refractivity contribution in [3.05, 3.63) is 0 Å². The topological polar surface area (TPSA) is 93.1 Å². The van der Waals surface area contributed by atoms with Crippen molar-refractivity contribution >= 4 is 11.9 Å². The second-order valence-corrected chi connectivity index (χ2v) is 2.51. The van der Waals surface area contributed by atoms with E-state index in [4.69, 9.17) is 10.2 Å². The molecule has 0 aromatic heterocycles. The number of rotatable bonds is 3. The van der Waals surface area contributed by atoms with Crippen molar-refractivity contribution in [2.24, 2.45) is 0 Å². The molecule has 6 nitrogen and oxygen atoms in total. The van der Waals surface area contributed by atoms with Crippen LogP contribution in [0.15, 0.2) is 0 Å². The molecular weight excluding hydrogens is 336 g/mol. The maximum absolute atomic E-state index is 10.5. The van der Waals surface area contributed by atoms with Crippen molar-refractivity contribution in [3.8, 4) is 0 Å². The van der Waals surface area contributed by atoms with Crippen LogP contribution in [0.3, 0.4) is 0 Å². The predicted molar refractivity (Wildman–Crippen MR) is 24.2 cm³/mol. The summed E-state index contributed by atoms with van der Waals surface area (Å²) in [6, 6.07) is 0. The predicted octanol–water partition coefficient (Wildman–Crippen LogP) is -2.28. The summed E-state index contributed by atoms with van der Waals surface area (Å²) < 4.78 is 8.16. The Morgan fingerprint density at radius 1 is 1.00 bits per heavy atom. The molecule has 0 aromatic carbocycles. The Hall–Kier alpha value is 0.237. The van der Waals surface area contributed by atoms with Crippen molar-refractivity contribution in [2.45, 2.75) is 12.2 Å². The maximum atomic E-state index is 10.5. The Balaban J connectivity index is 4.18. The molecule has 0 fully saturated rings. The van der Waals surface area contributed by atoms with E-state index in [1.165, 1.54) is 0 Å². The first-order valence-electron chi connectivity index (χ1n) is 2.58. The second kappa shape index (κ2) is 5.81. The first-order valence-corrected chi connectivity index (χ1v) is 4.22. The number of hydrogen-bond donors (Lipinski definition) is 2. The van der Waals surface area contributed by atoms with E-state index in [1.54, 1.807) is 0 Å². The molecule has 2 atom stereocenters. The van der Waals surface area contributed by atoms with E-state index in [0.29, 0.717) is 0 Å². The quantitative estimate of drug-likeness (QED) is 0.563. The van der Waals surface area contributed by atoms with Crippen molar-refractivity contribution in [2.75, 3.05) is 0 Å². The molecule has 2 unspecified atom stereocenters. The standard InChI is InChI=1S/C4H6O6.2Mo/c5-1(3(7)8)2(6)4(9)10;;/h1-2,5-6H,(H,7,8)(H,9,10);;/q;2*+1/p-2. The van der Waals surface area contributed by atoms with Crippen LogP contribution in [0.5, 0.6) is 0 Å². The van der Waals surface area contributed by atoms with Crippen LogP contribution in [0.4, 0.5) is 0 Å². The minimum absolute atomic E-state index is 0.957. The molecule has 68 valence electrons. The van der Waals surface area contributed by atoms with Crippen molar-refractivity contribution in [1.82, 2.24) is 0 Å². The van der Waals surface area contributed by atoms with E-state index in [2.05, 4.69) is 6.78 Å². The molecule has 0 aromatic rings. The van der Waals surface area contributed by atoms with Gasteiger partial charge in [0.25, 0.3) is 0 Å². The summed E-state index contributed by atoms with van der Waals surface area (Å²) in [6.45, 7) is 0. The Kier molecular flexibility index (Phi) is 5.92. The van der Waals surface area contributed by atoms with Gasteiger partial charge in [-0.05, 0) is 0 Å². The van der Waals surface area contributed by atoms with E-state index in [9.17, 15) is 9.59 Å². The molecular formula is C4H4Mo2O6. The van der Waals surface area contributed by atoms with Crippen LogP contribution >= 0.6 is 0 Å². The molecule has 0 amide bonds. The Morgan fingerprint density at radius 3 is 1.42 bits per heavy atom. The third-order valence-electron chi connectivity index (χ3n) is 0.946. The molecule has 0 aliphatic rings. The molecule has 0 saturated heterocycles. The number of carbonyl (C=O) groups is 2. The third kappa shape index (κ3) is 3.31. The fourth-order valence-corrected chi connectivity index (χ4v) is 0.841. The summed E-state index contributed by atoms with van der Waals surface area (Å²) in [5.41, 5.74) is 0. The zero-order valence-electron chi connectivity index (χ0n) is 5.50. The van der Waals surface area contributed by atoms with E-state index in [1.807, 2.05) is 0 Å². The molecule has 12 heavy (non-hydrogen) atoms. The SMILES string of the molecule is O=C([O][Mo])C(O)C(O)C(=O)[O][Mo]. The van der Waals surface area contributed by atoms with Gasteiger partial charge in [-0.2, -0.15) is 0 Å². The number of aliphatic hydroxyl groups excluding tert-OH is 2. The fourth-order valence-electron chi connectivity index (χ4n) is 0.356. The first-order chi connectivity index (χ1) is 5.54. The third-order valence-corrected chi connectivity index (χ3v) is 1.75. The Labute approximate surface area is 90.9 Å². The van der Waals surface area contributed by atoms with Gasteiger partial charge in [0.2, 0.25) is 0 Å². The molecule has 0 aliphatic carbocycles. The van der Waals surface area contributed by atoms with Crippen LogP contribution in [-0.4, -0.2) is 34.4 Å². The van der Waals surface area contributed by atoms with Gasteiger partial charge in [0.15, 0.2) is 0 Å². The van der Waals surface area contributed by atoms with Crippen LogP contribution < -0.4 is 0 Å². The average Bonchev–Trinajstić information content (AvgIpc) is 2.12. The number of hydrogen-bond acceptors (Lipinski definition) is 6. The molecule has 0 bridgehead atoms. The van der Waals surface area contributed by atoms with Gasteiger partial charge in [-0.1, -0.05) is 0 Å². The van der Waals surface area contributed by atoms with Gasteiger partial charge in [-0.3, -0.25) is 0 Å². The van der Waals surface area contributed by atoms with Crippen molar-refractivity contribution < 1.29 is 67.0 Å². The van der Waals surface area contributed by atoms with Gasteiger partial charge >= 0.3 is 91.1 Å². The summed E-state index contributed by atoms with van der Waals surface area (Å²) in [7, 11) is 0. The van der Waals surface area contributed by atoms with E-state index < -0.39 is 24.1 Å². The molecule has 2 N–H and O–H groups in total. The summed E-state index contributed by atoms with van der Waals surface area (Å²) >= 11 is 1.91. The molecule has 0 radical (unpaired) electrons. The van der Waals surface area contributed by atoms with Crippen LogP contribution in [0.1, 0.15) is 0 Å². The number of aliphatic hydroxyl groups is 2. The monoisotopic (exact) mass is 344 g/mol. The second-order valence-electron chi connectivity index (χ2n) is 1.69. The fraction of sp³-hybridized carbons (Fsp3) is 0.500. The van der Waals surface area contributed by atoms with Crippen LogP contribution in [-0.2, 0) is 56.8 Å². The summed E-state index contributed by atoms with van der Waals surface area (Å²) in [6.07, 6.45) is -3.79. The van der Waals surface area contributed by atoms with Crippen molar-refractivity contribution in [1.29, 1.82) is 0 Å². The van der Waals surface area contributed by atoms with E-state index >= 15 is 0 Å². The van der Waals surface area contributed by atoms with Crippen LogP contribution in [0.25, 0.3) is 0 Å². The van der Waals surface area contributed by atoms with E-state index in [-0.39, 0.29) is 0 Å². The first kappa shape index (κ1) is 12.2. The molecule has 0 rings (SSSR count). The summed E-state index contributed by atoms with van der Waals surface area (Å²) in [4.78, 5) is 21.1. The zero-order chi connectivity index (χ0) is 9.72. The zero-order valence-corrected chi connectivity index (χ0v) is 9.51. The Bertz CT molecular complexity index is 162. The van der Waals surface area contributed by atoms with Gasteiger partial charge in [0, 0.05) is 0 Å². The normalized spacial score (nSPS) is 14.5.